The maximum atomic E-state index is 8.98. The van der Waals surface area contributed by atoms with Crippen molar-refractivity contribution >= 4 is 0 Å². The molecule has 4 nitrogen and oxygen atoms in total. The van der Waals surface area contributed by atoms with Gasteiger partial charge in [-0.15, -0.1) is 0 Å². The second kappa shape index (κ2) is 4.93. The van der Waals surface area contributed by atoms with Crippen molar-refractivity contribution in [3.8, 4) is 6.07 Å². The van der Waals surface area contributed by atoms with E-state index < -0.39 is 5.54 Å². The highest BCUT2D eigenvalue weighted by molar-refractivity contribution is 5.03. The Morgan fingerprint density at radius 2 is 2.24 bits per heavy atom. The van der Waals surface area contributed by atoms with Gasteiger partial charge in [-0.2, -0.15) is 5.26 Å². The normalized spacial score (nSPS) is 30.3. The van der Waals surface area contributed by atoms with Crippen molar-refractivity contribution in [2.75, 3.05) is 13.1 Å². The van der Waals surface area contributed by atoms with Gasteiger partial charge in [0.2, 0.25) is 0 Å². The maximum Gasteiger partial charge on any atom is 0.102 e. The fraction of sp³-hybridized carbons (Fsp3) is 0.923. The Morgan fingerprint density at radius 1 is 1.65 bits per heavy atom. The highest BCUT2D eigenvalue weighted by Gasteiger charge is 2.35. The largest absolute Gasteiger partial charge is 0.370 e. The summed E-state index contributed by atoms with van der Waals surface area (Å²) in [4.78, 5) is 2.37. The van der Waals surface area contributed by atoms with Crippen LogP contribution in [0.4, 0.5) is 0 Å². The summed E-state index contributed by atoms with van der Waals surface area (Å²) in [6.45, 7) is 12.0. The van der Waals surface area contributed by atoms with E-state index >= 15 is 0 Å². The molecule has 1 saturated heterocycles. The van der Waals surface area contributed by atoms with Gasteiger partial charge in [-0.25, -0.2) is 0 Å². The number of rotatable bonds is 3. The molecule has 2 N–H and O–H groups in total. The topological polar surface area (TPSA) is 62.3 Å². The van der Waals surface area contributed by atoms with Crippen LogP contribution in [0, 0.1) is 11.3 Å². The van der Waals surface area contributed by atoms with Crippen LogP contribution in [0.5, 0.6) is 0 Å². The molecule has 3 unspecified atom stereocenters. The molecule has 0 aromatic carbocycles. The average molecular weight is 239 g/mol. The van der Waals surface area contributed by atoms with Crippen LogP contribution in [-0.2, 0) is 4.74 Å². The summed E-state index contributed by atoms with van der Waals surface area (Å²) in [6, 6.07) is 2.46. The Bertz CT molecular complexity index is 306. The molecule has 0 saturated carbocycles. The van der Waals surface area contributed by atoms with Crippen molar-refractivity contribution in [2.45, 2.75) is 64.3 Å². The fourth-order valence-corrected chi connectivity index (χ4v) is 2.63. The van der Waals surface area contributed by atoms with Gasteiger partial charge < -0.3 is 10.5 Å². The molecule has 1 aliphatic rings. The van der Waals surface area contributed by atoms with Crippen molar-refractivity contribution < 1.29 is 4.74 Å². The van der Waals surface area contributed by atoms with Crippen LogP contribution >= 0.6 is 0 Å². The first-order chi connectivity index (χ1) is 7.65. The zero-order valence-corrected chi connectivity index (χ0v) is 11.7. The molecule has 4 heteroatoms. The summed E-state index contributed by atoms with van der Waals surface area (Å²) in [5.74, 6) is 0. The van der Waals surface area contributed by atoms with Gasteiger partial charge in [0, 0.05) is 19.1 Å². The lowest BCUT2D eigenvalue weighted by atomic mass is 9.94. The monoisotopic (exact) mass is 239 g/mol. The number of nitrogens with two attached hydrogens (primary N) is 1. The summed E-state index contributed by atoms with van der Waals surface area (Å²) in [5.41, 5.74) is 5.04. The average Bonchev–Trinajstić information content (AvgIpc) is 2.14. The molecule has 17 heavy (non-hydrogen) atoms. The Morgan fingerprint density at radius 3 is 2.71 bits per heavy atom. The third-order valence-electron chi connectivity index (χ3n) is 3.19. The molecule has 0 amide bonds. The van der Waals surface area contributed by atoms with Gasteiger partial charge in [0.05, 0.1) is 17.8 Å². The minimum Gasteiger partial charge on any atom is -0.370 e. The van der Waals surface area contributed by atoms with E-state index in [2.05, 4.69) is 38.7 Å². The highest BCUT2D eigenvalue weighted by Crippen LogP contribution is 2.24. The van der Waals surface area contributed by atoms with E-state index in [1.807, 2.05) is 0 Å². The standard InChI is InChI=1S/C13H25N3O/c1-10(6-13(5,15)8-14)16-7-11(2)17-12(3,4)9-16/h10-11H,6-7,9,15H2,1-5H3. The van der Waals surface area contributed by atoms with Crippen LogP contribution in [0.2, 0.25) is 0 Å². The number of morpholine rings is 1. The highest BCUT2D eigenvalue weighted by atomic mass is 16.5. The summed E-state index contributed by atoms with van der Waals surface area (Å²) >= 11 is 0. The van der Waals surface area contributed by atoms with Crippen LogP contribution in [0.3, 0.4) is 0 Å². The second-order valence-electron chi connectivity index (χ2n) is 6.20. The molecular formula is C13H25N3O. The van der Waals surface area contributed by atoms with Crippen molar-refractivity contribution in [3.05, 3.63) is 0 Å². The van der Waals surface area contributed by atoms with Crippen LogP contribution in [-0.4, -0.2) is 41.3 Å². The summed E-state index contributed by atoms with van der Waals surface area (Å²) in [6.07, 6.45) is 0.916. The molecular weight excluding hydrogens is 214 g/mol. The molecule has 0 bridgehead atoms. The molecule has 0 aromatic heterocycles. The molecule has 3 atom stereocenters. The van der Waals surface area contributed by atoms with E-state index in [1.54, 1.807) is 6.92 Å². The van der Waals surface area contributed by atoms with Crippen molar-refractivity contribution in [1.82, 2.24) is 4.90 Å². The predicted molar refractivity (Wildman–Crippen MR) is 68.5 cm³/mol. The van der Waals surface area contributed by atoms with E-state index in [0.717, 1.165) is 13.1 Å². The van der Waals surface area contributed by atoms with Crippen molar-refractivity contribution in [2.24, 2.45) is 5.73 Å². The Hall–Kier alpha value is -0.630. The van der Waals surface area contributed by atoms with Gasteiger partial charge in [-0.3, -0.25) is 4.90 Å². The van der Waals surface area contributed by atoms with Crippen molar-refractivity contribution in [1.29, 1.82) is 5.26 Å². The van der Waals surface area contributed by atoms with E-state index in [1.165, 1.54) is 0 Å². The minimum atomic E-state index is -0.745. The molecule has 1 rings (SSSR count). The predicted octanol–water partition coefficient (Wildman–Crippen LogP) is 1.51. The first-order valence-electron chi connectivity index (χ1n) is 6.27. The molecule has 0 spiro atoms. The second-order valence-corrected chi connectivity index (χ2v) is 6.20. The van der Waals surface area contributed by atoms with Crippen LogP contribution in [0.25, 0.3) is 0 Å². The van der Waals surface area contributed by atoms with Crippen molar-refractivity contribution in [3.63, 3.8) is 0 Å². The number of nitrogens with zero attached hydrogens (tertiary/aromatic N) is 2. The van der Waals surface area contributed by atoms with Crippen LogP contribution in [0.15, 0.2) is 0 Å². The lowest BCUT2D eigenvalue weighted by molar-refractivity contribution is -0.137. The third-order valence-corrected chi connectivity index (χ3v) is 3.19. The zero-order chi connectivity index (χ0) is 13.3. The van der Waals surface area contributed by atoms with Gasteiger partial charge in [0.15, 0.2) is 0 Å². The van der Waals surface area contributed by atoms with Gasteiger partial charge in [0.25, 0.3) is 0 Å². The van der Waals surface area contributed by atoms with Gasteiger partial charge in [0.1, 0.15) is 5.54 Å². The smallest absolute Gasteiger partial charge is 0.102 e. The Kier molecular flexibility index (Phi) is 4.19. The SMILES string of the molecule is CC1CN(C(C)CC(C)(N)C#N)CC(C)(C)O1. The molecule has 1 aliphatic heterocycles. The van der Waals surface area contributed by atoms with E-state index in [9.17, 15) is 0 Å². The lowest BCUT2D eigenvalue weighted by Crippen LogP contribution is -2.56. The Balaban J connectivity index is 2.64. The number of hydrogen-bond donors (Lipinski definition) is 1. The summed E-state index contributed by atoms with van der Waals surface area (Å²) < 4.78 is 5.87. The van der Waals surface area contributed by atoms with Gasteiger partial charge in [-0.1, -0.05) is 0 Å². The quantitative estimate of drug-likeness (QED) is 0.811. The molecule has 0 aromatic rings. The number of ether oxygens (including phenoxy) is 1. The molecule has 0 aliphatic carbocycles. The van der Waals surface area contributed by atoms with E-state index in [-0.39, 0.29) is 11.7 Å². The third kappa shape index (κ3) is 4.27. The fourth-order valence-electron chi connectivity index (χ4n) is 2.63. The first kappa shape index (κ1) is 14.4. The number of nitriles is 1. The molecule has 1 heterocycles. The maximum absolute atomic E-state index is 8.98. The molecule has 0 radical (unpaired) electrons. The first-order valence-corrected chi connectivity index (χ1v) is 6.27. The van der Waals surface area contributed by atoms with Crippen LogP contribution < -0.4 is 5.73 Å². The summed E-state index contributed by atoms with van der Waals surface area (Å²) in [7, 11) is 0. The lowest BCUT2D eigenvalue weighted by Gasteiger charge is -2.45. The molecule has 1 fully saturated rings. The number of hydrogen-bond acceptors (Lipinski definition) is 4. The molecule has 98 valence electrons. The van der Waals surface area contributed by atoms with Gasteiger partial charge in [-0.05, 0) is 41.0 Å². The Labute approximate surface area is 105 Å². The van der Waals surface area contributed by atoms with Gasteiger partial charge >= 0.3 is 0 Å². The zero-order valence-electron chi connectivity index (χ0n) is 11.7. The summed E-state index contributed by atoms with van der Waals surface area (Å²) in [5, 5.41) is 8.98. The minimum absolute atomic E-state index is 0.121. The van der Waals surface area contributed by atoms with E-state index in [4.69, 9.17) is 15.7 Å². The van der Waals surface area contributed by atoms with Crippen LogP contribution in [0.1, 0.15) is 41.0 Å². The van der Waals surface area contributed by atoms with E-state index in [0.29, 0.717) is 12.5 Å².